The molecular formula is C26H35F3N8O5. The molecule has 0 aliphatic carbocycles. The zero-order valence-corrected chi connectivity index (χ0v) is 23.1. The van der Waals surface area contributed by atoms with Crippen LogP contribution in [0.2, 0.25) is 0 Å². The zero-order valence-electron chi connectivity index (χ0n) is 23.1. The van der Waals surface area contributed by atoms with Crippen molar-refractivity contribution >= 4 is 17.8 Å². The van der Waals surface area contributed by atoms with Crippen LogP contribution in [0.1, 0.15) is 25.3 Å². The van der Waals surface area contributed by atoms with Gasteiger partial charge in [-0.25, -0.2) is 9.59 Å². The average molecular weight is 597 g/mol. The number of aliphatic hydroxyl groups is 1. The molecule has 0 radical (unpaired) electrons. The molecule has 1 aromatic carbocycles. The van der Waals surface area contributed by atoms with Crippen molar-refractivity contribution in [1.29, 1.82) is 0 Å². The van der Waals surface area contributed by atoms with E-state index in [1.54, 1.807) is 6.07 Å². The molecule has 0 saturated carbocycles. The highest BCUT2D eigenvalue weighted by Gasteiger charge is 2.35. The number of rotatable bonds is 7. The predicted molar refractivity (Wildman–Crippen MR) is 146 cm³/mol. The van der Waals surface area contributed by atoms with Crippen molar-refractivity contribution in [1.82, 2.24) is 24.3 Å². The quantitative estimate of drug-likeness (QED) is 0.354. The average Bonchev–Trinajstić information content (AvgIpc) is 2.93. The van der Waals surface area contributed by atoms with Crippen LogP contribution in [0.3, 0.4) is 0 Å². The Bertz CT molecular complexity index is 1340. The number of nitrogens with zero attached hydrogens (tertiary/aromatic N) is 5. The lowest BCUT2D eigenvalue weighted by Crippen LogP contribution is -2.60. The maximum absolute atomic E-state index is 13.0. The summed E-state index contributed by atoms with van der Waals surface area (Å²) < 4.78 is 44.3. The van der Waals surface area contributed by atoms with Gasteiger partial charge in [-0.3, -0.25) is 19.6 Å². The number of halogens is 3. The third-order valence-electron chi connectivity index (χ3n) is 7.21. The van der Waals surface area contributed by atoms with Crippen LogP contribution >= 0.6 is 0 Å². The van der Waals surface area contributed by atoms with Crippen molar-refractivity contribution in [3.63, 3.8) is 0 Å². The van der Waals surface area contributed by atoms with Crippen molar-refractivity contribution in [2.75, 3.05) is 51.2 Å². The van der Waals surface area contributed by atoms with Gasteiger partial charge in [-0.05, 0) is 56.6 Å². The third-order valence-corrected chi connectivity index (χ3v) is 7.21. The number of nitrogens with two attached hydrogens (primary N) is 2. The molecule has 13 nitrogen and oxygen atoms in total. The maximum Gasteiger partial charge on any atom is 0.573 e. The second-order valence-corrected chi connectivity index (χ2v) is 10.7. The second kappa shape index (κ2) is 12.6. The number of anilines is 1. The van der Waals surface area contributed by atoms with E-state index in [1.807, 2.05) is 0 Å². The number of piperazine rings is 1. The molecular weight excluding hydrogens is 561 g/mol. The Labute approximate surface area is 239 Å². The fourth-order valence-electron chi connectivity index (χ4n) is 4.83. The second-order valence-electron chi connectivity index (χ2n) is 10.7. The minimum atomic E-state index is -4.92. The number of hydrogen-bond acceptors (Lipinski definition) is 9. The van der Waals surface area contributed by atoms with Crippen molar-refractivity contribution < 1.29 is 32.6 Å². The Morgan fingerprint density at radius 2 is 1.74 bits per heavy atom. The molecule has 1 atom stereocenters. The Morgan fingerprint density at radius 1 is 1.10 bits per heavy atom. The molecule has 16 heteroatoms. The largest absolute Gasteiger partial charge is 0.573 e. The molecule has 230 valence electrons. The molecule has 2 fully saturated rings. The summed E-state index contributed by atoms with van der Waals surface area (Å²) in [5.74, 6) is -0.954. The van der Waals surface area contributed by atoms with Crippen LogP contribution in [0.25, 0.3) is 5.69 Å². The lowest BCUT2D eigenvalue weighted by atomic mass is 10.0. The molecule has 4 rings (SSSR count). The van der Waals surface area contributed by atoms with Gasteiger partial charge in [0.15, 0.2) is 0 Å². The number of amides is 3. The minimum Gasteiger partial charge on any atom is -0.406 e. The monoisotopic (exact) mass is 596 g/mol. The summed E-state index contributed by atoms with van der Waals surface area (Å²) in [7, 11) is 0. The first-order chi connectivity index (χ1) is 19.7. The SMILES string of the molecule is CC(N)(CO)C(=O)N1CCN(C(=O)Nc2ccn(-c3cc(CN4CCC(N)CC4)cc(OC(F)(F)F)c3)c(=O)n2)CC1. The van der Waals surface area contributed by atoms with Crippen LogP contribution in [-0.4, -0.2) is 105 Å². The van der Waals surface area contributed by atoms with Crippen LogP contribution in [0.4, 0.5) is 23.8 Å². The number of carbonyl (C=O) groups excluding carboxylic acids is 2. The van der Waals surface area contributed by atoms with Crippen LogP contribution in [0, 0.1) is 0 Å². The number of likely N-dealkylation sites (tertiary alicyclic amines) is 1. The summed E-state index contributed by atoms with van der Waals surface area (Å²) in [6, 6.07) is 4.85. The van der Waals surface area contributed by atoms with Crippen LogP contribution in [0.15, 0.2) is 35.3 Å². The highest BCUT2D eigenvalue weighted by Crippen LogP contribution is 2.27. The number of alkyl halides is 3. The number of aliphatic hydroxyl groups excluding tert-OH is 1. The summed E-state index contributed by atoms with van der Waals surface area (Å²) >= 11 is 0. The molecule has 2 aromatic rings. The molecule has 1 unspecified atom stereocenters. The van der Waals surface area contributed by atoms with Gasteiger partial charge in [0, 0.05) is 51.0 Å². The molecule has 0 bridgehead atoms. The highest BCUT2D eigenvalue weighted by atomic mass is 19.4. The molecule has 6 N–H and O–H groups in total. The summed E-state index contributed by atoms with van der Waals surface area (Å²) in [4.78, 5) is 46.9. The first-order valence-corrected chi connectivity index (χ1v) is 13.5. The number of nitrogens with one attached hydrogen (secondary N) is 1. The summed E-state index contributed by atoms with van der Waals surface area (Å²) in [5.41, 5.74) is 10.1. The van der Waals surface area contributed by atoms with E-state index >= 15 is 0 Å². The fourth-order valence-corrected chi connectivity index (χ4v) is 4.83. The van der Waals surface area contributed by atoms with Gasteiger partial charge in [0.05, 0.1) is 12.3 Å². The Balaban J connectivity index is 1.46. The first-order valence-electron chi connectivity index (χ1n) is 13.5. The molecule has 2 saturated heterocycles. The number of urea groups is 1. The first kappa shape index (κ1) is 31.2. The number of benzene rings is 1. The van der Waals surface area contributed by atoms with E-state index in [0.717, 1.165) is 23.5 Å². The molecule has 3 heterocycles. The van der Waals surface area contributed by atoms with E-state index in [9.17, 15) is 32.7 Å². The van der Waals surface area contributed by atoms with Crippen LogP contribution in [0.5, 0.6) is 5.75 Å². The summed E-state index contributed by atoms with van der Waals surface area (Å²) in [6.45, 7) is 3.42. The van der Waals surface area contributed by atoms with Gasteiger partial charge in [0.25, 0.3) is 0 Å². The topological polar surface area (TPSA) is 172 Å². The van der Waals surface area contributed by atoms with Crippen molar-refractivity contribution in [3.05, 3.63) is 46.5 Å². The number of piperidine rings is 1. The molecule has 1 aromatic heterocycles. The fraction of sp³-hybridized carbons (Fsp3) is 0.538. The molecule has 42 heavy (non-hydrogen) atoms. The minimum absolute atomic E-state index is 0.0536. The maximum atomic E-state index is 13.0. The Kier molecular flexibility index (Phi) is 9.40. The van der Waals surface area contributed by atoms with E-state index in [4.69, 9.17) is 11.5 Å². The number of ether oxygens (including phenoxy) is 1. The van der Waals surface area contributed by atoms with E-state index in [0.29, 0.717) is 25.2 Å². The van der Waals surface area contributed by atoms with E-state index in [2.05, 4.69) is 19.9 Å². The lowest BCUT2D eigenvalue weighted by molar-refractivity contribution is -0.274. The van der Waals surface area contributed by atoms with Gasteiger partial charge in [0.1, 0.15) is 17.1 Å². The van der Waals surface area contributed by atoms with Gasteiger partial charge in [0.2, 0.25) is 5.91 Å². The third kappa shape index (κ3) is 7.96. The van der Waals surface area contributed by atoms with E-state index < -0.39 is 41.9 Å². The smallest absolute Gasteiger partial charge is 0.406 e. The normalized spacial score (nSPS) is 18.5. The van der Waals surface area contributed by atoms with Gasteiger partial charge in [-0.1, -0.05) is 0 Å². The van der Waals surface area contributed by atoms with Crippen molar-refractivity contribution in [2.45, 2.75) is 44.3 Å². The summed E-state index contributed by atoms with van der Waals surface area (Å²) in [6.07, 6.45) is -2.08. The summed E-state index contributed by atoms with van der Waals surface area (Å²) in [5, 5.41) is 11.9. The van der Waals surface area contributed by atoms with Crippen molar-refractivity contribution in [2.24, 2.45) is 11.5 Å². The van der Waals surface area contributed by atoms with Crippen LogP contribution < -0.4 is 27.2 Å². The predicted octanol–water partition coefficient (Wildman–Crippen LogP) is 0.440. The Morgan fingerprint density at radius 3 is 2.33 bits per heavy atom. The van der Waals surface area contributed by atoms with Gasteiger partial charge in [-0.2, -0.15) is 4.98 Å². The molecule has 2 aliphatic heterocycles. The van der Waals surface area contributed by atoms with E-state index in [1.165, 1.54) is 35.1 Å². The van der Waals surface area contributed by atoms with Gasteiger partial charge < -0.3 is 31.1 Å². The van der Waals surface area contributed by atoms with E-state index in [-0.39, 0.29) is 43.7 Å². The standard InChI is InChI=1S/C26H35F3N8O5/c1-25(31,16-38)22(39)35-8-10-36(11-9-35)23(40)32-21-4-7-37(24(41)33-21)19-12-17(13-20(14-19)42-26(27,28)29)15-34-5-2-18(30)3-6-34/h4,7,12-14,18,38H,2-3,5-6,8-11,15-16,30-31H2,1H3,(H,32,33,40,41). The van der Waals surface area contributed by atoms with Crippen LogP contribution in [-0.2, 0) is 11.3 Å². The lowest BCUT2D eigenvalue weighted by Gasteiger charge is -2.37. The highest BCUT2D eigenvalue weighted by molar-refractivity contribution is 5.89. The molecule has 2 aliphatic rings. The zero-order chi connectivity index (χ0) is 30.7. The number of hydrogen-bond donors (Lipinski definition) is 4. The molecule has 3 amide bonds. The Hall–Kier alpha value is -3.73. The van der Waals surface area contributed by atoms with Gasteiger partial charge in [-0.15, -0.1) is 13.2 Å². The molecule has 0 spiro atoms. The van der Waals surface area contributed by atoms with Gasteiger partial charge >= 0.3 is 18.1 Å². The number of aromatic nitrogens is 2. The van der Waals surface area contributed by atoms with Crippen molar-refractivity contribution in [3.8, 4) is 11.4 Å². The number of carbonyl (C=O) groups is 2.